The number of hydrogen-bond acceptors (Lipinski definition) is 3. The SMILES string of the molecule is Cc1c(-c2nn(Cc3c(F)cccc3F)c(=O)c3ccccc23)c2ccccc2n1CC(=O)O. The van der Waals surface area contributed by atoms with Crippen LogP contribution in [0.2, 0.25) is 0 Å². The van der Waals surface area contributed by atoms with Gasteiger partial charge in [0.05, 0.1) is 11.9 Å². The minimum absolute atomic E-state index is 0.246. The molecule has 0 saturated carbocycles. The molecule has 3 aromatic carbocycles. The number of rotatable bonds is 5. The van der Waals surface area contributed by atoms with Crippen molar-refractivity contribution in [3.63, 3.8) is 0 Å². The van der Waals surface area contributed by atoms with E-state index in [-0.39, 0.29) is 18.7 Å². The Labute approximate surface area is 192 Å². The van der Waals surface area contributed by atoms with Gasteiger partial charge in [0.25, 0.3) is 5.56 Å². The van der Waals surface area contributed by atoms with E-state index in [4.69, 9.17) is 0 Å². The van der Waals surface area contributed by atoms with Gasteiger partial charge in [-0.3, -0.25) is 9.59 Å². The van der Waals surface area contributed by atoms with Gasteiger partial charge in [-0.15, -0.1) is 0 Å². The fraction of sp³-hybridized carbons (Fsp3) is 0.115. The van der Waals surface area contributed by atoms with E-state index < -0.39 is 23.2 Å². The maximum absolute atomic E-state index is 14.4. The molecule has 5 rings (SSSR count). The molecule has 8 heteroatoms. The van der Waals surface area contributed by atoms with Crippen LogP contribution >= 0.6 is 0 Å². The topological polar surface area (TPSA) is 77.1 Å². The number of aromatic nitrogens is 3. The van der Waals surface area contributed by atoms with Gasteiger partial charge >= 0.3 is 5.97 Å². The molecule has 0 aliphatic rings. The lowest BCUT2D eigenvalue weighted by Crippen LogP contribution is -2.25. The fourth-order valence-corrected chi connectivity index (χ4v) is 4.43. The highest BCUT2D eigenvalue weighted by Crippen LogP contribution is 2.36. The Bertz CT molecular complexity index is 1630. The Morgan fingerprint density at radius 1 is 0.912 bits per heavy atom. The molecule has 5 aromatic rings. The molecule has 0 saturated heterocycles. The number of para-hydroxylation sites is 1. The quantitative estimate of drug-likeness (QED) is 0.412. The normalized spacial score (nSPS) is 11.4. The average molecular weight is 459 g/mol. The van der Waals surface area contributed by atoms with E-state index in [0.29, 0.717) is 33.2 Å². The number of carboxylic acid groups (broad SMARTS) is 1. The van der Waals surface area contributed by atoms with Crippen molar-refractivity contribution in [2.24, 2.45) is 0 Å². The van der Waals surface area contributed by atoms with Gasteiger partial charge in [-0.1, -0.05) is 42.5 Å². The van der Waals surface area contributed by atoms with Gasteiger partial charge in [-0.2, -0.15) is 5.10 Å². The predicted octanol–water partition coefficient (Wildman–Crippen LogP) is 4.74. The first-order valence-corrected chi connectivity index (χ1v) is 10.6. The summed E-state index contributed by atoms with van der Waals surface area (Å²) in [6.45, 7) is 1.16. The van der Waals surface area contributed by atoms with Gasteiger partial charge in [0, 0.05) is 33.1 Å². The summed E-state index contributed by atoms with van der Waals surface area (Å²) in [7, 11) is 0. The summed E-state index contributed by atoms with van der Waals surface area (Å²) in [5, 5.41) is 15.7. The summed E-state index contributed by atoms with van der Waals surface area (Å²) in [4.78, 5) is 24.7. The molecule has 0 bridgehead atoms. The Morgan fingerprint density at radius 3 is 2.21 bits per heavy atom. The third kappa shape index (κ3) is 3.44. The van der Waals surface area contributed by atoms with Crippen LogP contribution in [0.25, 0.3) is 32.9 Å². The van der Waals surface area contributed by atoms with Gasteiger partial charge < -0.3 is 9.67 Å². The number of aliphatic carboxylic acids is 1. The summed E-state index contributed by atoms with van der Waals surface area (Å²) >= 11 is 0. The highest BCUT2D eigenvalue weighted by atomic mass is 19.1. The third-order valence-corrected chi connectivity index (χ3v) is 6.00. The van der Waals surface area contributed by atoms with Crippen LogP contribution in [0.15, 0.2) is 71.5 Å². The summed E-state index contributed by atoms with van der Waals surface area (Å²) < 4.78 is 31.5. The van der Waals surface area contributed by atoms with Crippen LogP contribution < -0.4 is 5.56 Å². The predicted molar refractivity (Wildman–Crippen MR) is 125 cm³/mol. The molecule has 0 aliphatic carbocycles. The highest BCUT2D eigenvalue weighted by Gasteiger charge is 2.22. The van der Waals surface area contributed by atoms with Crippen LogP contribution in [0.3, 0.4) is 0 Å². The first-order chi connectivity index (χ1) is 16.4. The van der Waals surface area contributed by atoms with Gasteiger partial charge in [0.1, 0.15) is 23.9 Å². The standard InChI is InChI=1S/C26H19F2N3O3/c1-15-24(18-9-4-5-12-22(18)30(15)14-23(32)33)25-16-7-2-3-8-17(16)26(34)31(29-25)13-19-20(27)10-6-11-21(19)28/h2-12H,13-14H2,1H3,(H,32,33). The molecule has 0 aliphatic heterocycles. The summed E-state index contributed by atoms with van der Waals surface area (Å²) in [5.74, 6) is -2.52. The van der Waals surface area contributed by atoms with Crippen LogP contribution in [-0.2, 0) is 17.9 Å². The van der Waals surface area contributed by atoms with E-state index in [1.807, 2.05) is 24.3 Å². The molecule has 0 spiro atoms. The Balaban J connectivity index is 1.83. The van der Waals surface area contributed by atoms with E-state index in [1.54, 1.807) is 35.8 Å². The lowest BCUT2D eigenvalue weighted by molar-refractivity contribution is -0.137. The van der Waals surface area contributed by atoms with Crippen molar-refractivity contribution in [3.05, 3.63) is 100.0 Å². The lowest BCUT2D eigenvalue weighted by Gasteiger charge is -2.13. The number of carboxylic acids is 1. The molecular weight excluding hydrogens is 440 g/mol. The molecule has 0 fully saturated rings. The first kappa shape index (κ1) is 21.5. The Morgan fingerprint density at radius 2 is 1.53 bits per heavy atom. The maximum atomic E-state index is 14.4. The van der Waals surface area contributed by atoms with Gasteiger partial charge in [-0.05, 0) is 31.2 Å². The van der Waals surface area contributed by atoms with E-state index in [9.17, 15) is 23.5 Å². The average Bonchev–Trinajstić information content (AvgIpc) is 3.09. The second-order valence-corrected chi connectivity index (χ2v) is 8.01. The van der Waals surface area contributed by atoms with Gasteiger partial charge in [-0.25, -0.2) is 13.5 Å². The maximum Gasteiger partial charge on any atom is 0.323 e. The van der Waals surface area contributed by atoms with Gasteiger partial charge in [0.15, 0.2) is 0 Å². The highest BCUT2D eigenvalue weighted by molar-refractivity contribution is 6.05. The van der Waals surface area contributed by atoms with E-state index >= 15 is 0 Å². The number of carbonyl (C=O) groups is 1. The molecule has 170 valence electrons. The zero-order valence-corrected chi connectivity index (χ0v) is 18.1. The first-order valence-electron chi connectivity index (χ1n) is 10.6. The van der Waals surface area contributed by atoms with Crippen molar-refractivity contribution >= 4 is 27.6 Å². The minimum atomic E-state index is -0.992. The Kier molecular flexibility index (Phi) is 5.20. The number of benzene rings is 3. The molecule has 0 amide bonds. The zero-order chi connectivity index (χ0) is 24.0. The monoisotopic (exact) mass is 459 g/mol. The van der Waals surface area contributed by atoms with Crippen molar-refractivity contribution in [1.82, 2.24) is 14.3 Å². The smallest absolute Gasteiger partial charge is 0.323 e. The van der Waals surface area contributed by atoms with Crippen LogP contribution in [0.1, 0.15) is 11.3 Å². The van der Waals surface area contributed by atoms with E-state index in [0.717, 1.165) is 22.2 Å². The molecule has 1 N–H and O–H groups in total. The molecule has 34 heavy (non-hydrogen) atoms. The van der Waals surface area contributed by atoms with Crippen molar-refractivity contribution in [1.29, 1.82) is 0 Å². The van der Waals surface area contributed by atoms with Crippen LogP contribution in [0.5, 0.6) is 0 Å². The second-order valence-electron chi connectivity index (χ2n) is 8.01. The second kappa shape index (κ2) is 8.22. The van der Waals surface area contributed by atoms with Crippen LogP contribution in [0, 0.1) is 18.6 Å². The molecule has 0 atom stereocenters. The van der Waals surface area contributed by atoms with Crippen molar-refractivity contribution in [2.45, 2.75) is 20.0 Å². The van der Waals surface area contributed by atoms with Crippen molar-refractivity contribution in [2.75, 3.05) is 0 Å². The number of halogens is 2. The molecule has 2 heterocycles. The summed E-state index contributed by atoms with van der Waals surface area (Å²) in [5.41, 5.74) is 1.72. The van der Waals surface area contributed by atoms with E-state index in [2.05, 4.69) is 5.10 Å². The molecule has 0 radical (unpaired) electrons. The van der Waals surface area contributed by atoms with E-state index in [1.165, 1.54) is 6.07 Å². The number of hydrogen-bond donors (Lipinski definition) is 1. The number of fused-ring (bicyclic) bond motifs is 2. The number of nitrogens with zero attached hydrogens (tertiary/aromatic N) is 3. The third-order valence-electron chi connectivity index (χ3n) is 6.00. The molecule has 6 nitrogen and oxygen atoms in total. The molecular formula is C26H19F2N3O3. The molecule has 2 aromatic heterocycles. The van der Waals surface area contributed by atoms with Crippen LogP contribution in [0.4, 0.5) is 8.78 Å². The summed E-state index contributed by atoms with van der Waals surface area (Å²) in [6, 6.07) is 17.8. The molecule has 0 unspecified atom stereocenters. The van der Waals surface area contributed by atoms with Gasteiger partial charge in [0.2, 0.25) is 0 Å². The lowest BCUT2D eigenvalue weighted by atomic mass is 10.0. The fourth-order valence-electron chi connectivity index (χ4n) is 4.43. The van der Waals surface area contributed by atoms with Crippen LogP contribution in [-0.4, -0.2) is 25.4 Å². The zero-order valence-electron chi connectivity index (χ0n) is 18.1. The van der Waals surface area contributed by atoms with Crippen molar-refractivity contribution in [3.8, 4) is 11.3 Å². The van der Waals surface area contributed by atoms with Crippen molar-refractivity contribution < 1.29 is 18.7 Å². The summed E-state index contributed by atoms with van der Waals surface area (Å²) in [6.07, 6.45) is 0. The minimum Gasteiger partial charge on any atom is -0.480 e. The Hall–Kier alpha value is -4.33. The largest absolute Gasteiger partial charge is 0.480 e.